The van der Waals surface area contributed by atoms with Crippen LogP contribution in [0.4, 0.5) is 0 Å². The molecule has 1 heterocycles. The van der Waals surface area contributed by atoms with Crippen LogP contribution in [0.5, 0.6) is 0 Å². The predicted molar refractivity (Wildman–Crippen MR) is 50.7 cm³/mol. The van der Waals surface area contributed by atoms with Crippen molar-refractivity contribution in [2.45, 2.75) is 25.3 Å². The standard InChI is InChI=1S/C9H13N3O2/c1-9(2,7(10)8(13)14)6-3-4-11-5-12-6/h3-5,7H,10H2,1-2H3,(H,13,14). The molecule has 5 heteroatoms. The maximum absolute atomic E-state index is 10.8. The third-order valence-corrected chi connectivity index (χ3v) is 2.29. The van der Waals surface area contributed by atoms with E-state index in [1.165, 1.54) is 6.33 Å². The minimum absolute atomic E-state index is 0.627. The SMILES string of the molecule is CC(C)(c1ccncn1)C(N)C(=O)O. The minimum atomic E-state index is -1.03. The highest BCUT2D eigenvalue weighted by Gasteiger charge is 2.34. The first-order valence-electron chi connectivity index (χ1n) is 4.21. The normalized spacial score (nSPS) is 13.6. The first kappa shape index (κ1) is 10.6. The van der Waals surface area contributed by atoms with Crippen molar-refractivity contribution in [2.75, 3.05) is 0 Å². The summed E-state index contributed by atoms with van der Waals surface area (Å²) in [6.45, 7) is 3.49. The Labute approximate surface area is 82.0 Å². The van der Waals surface area contributed by atoms with Gasteiger partial charge in [-0.05, 0) is 6.07 Å². The van der Waals surface area contributed by atoms with Crippen molar-refractivity contribution < 1.29 is 9.90 Å². The van der Waals surface area contributed by atoms with Crippen molar-refractivity contribution >= 4 is 5.97 Å². The summed E-state index contributed by atoms with van der Waals surface area (Å²) < 4.78 is 0. The number of aromatic nitrogens is 2. The van der Waals surface area contributed by atoms with E-state index in [4.69, 9.17) is 10.8 Å². The van der Waals surface area contributed by atoms with Gasteiger partial charge >= 0.3 is 5.97 Å². The monoisotopic (exact) mass is 195 g/mol. The molecule has 0 aliphatic carbocycles. The Morgan fingerprint density at radius 3 is 2.71 bits per heavy atom. The lowest BCUT2D eigenvalue weighted by atomic mass is 9.81. The van der Waals surface area contributed by atoms with E-state index in [2.05, 4.69) is 9.97 Å². The number of hydrogen-bond donors (Lipinski definition) is 2. The zero-order valence-corrected chi connectivity index (χ0v) is 8.14. The van der Waals surface area contributed by atoms with Crippen molar-refractivity contribution in [3.8, 4) is 0 Å². The lowest BCUT2D eigenvalue weighted by molar-refractivity contribution is -0.140. The van der Waals surface area contributed by atoms with Gasteiger partial charge in [0.1, 0.15) is 12.4 Å². The molecule has 1 aromatic heterocycles. The summed E-state index contributed by atoms with van der Waals surface area (Å²) in [5.74, 6) is -1.03. The molecule has 0 spiro atoms. The van der Waals surface area contributed by atoms with Crippen molar-refractivity contribution in [3.05, 3.63) is 24.3 Å². The van der Waals surface area contributed by atoms with Gasteiger partial charge < -0.3 is 10.8 Å². The molecular formula is C9H13N3O2. The molecule has 0 aliphatic heterocycles. The third-order valence-electron chi connectivity index (χ3n) is 2.29. The van der Waals surface area contributed by atoms with Gasteiger partial charge in [0, 0.05) is 11.6 Å². The van der Waals surface area contributed by atoms with Crippen molar-refractivity contribution in [2.24, 2.45) is 5.73 Å². The highest BCUT2D eigenvalue weighted by atomic mass is 16.4. The van der Waals surface area contributed by atoms with Crippen LogP contribution in [0.25, 0.3) is 0 Å². The quantitative estimate of drug-likeness (QED) is 0.717. The molecule has 0 bridgehead atoms. The average molecular weight is 195 g/mol. The molecule has 1 rings (SSSR count). The zero-order valence-electron chi connectivity index (χ0n) is 8.14. The Morgan fingerprint density at radius 2 is 2.29 bits per heavy atom. The van der Waals surface area contributed by atoms with E-state index in [9.17, 15) is 4.79 Å². The number of aliphatic carboxylic acids is 1. The van der Waals surface area contributed by atoms with Gasteiger partial charge in [0.15, 0.2) is 0 Å². The summed E-state index contributed by atoms with van der Waals surface area (Å²) in [6.07, 6.45) is 2.95. The van der Waals surface area contributed by atoms with E-state index in [1.807, 2.05) is 0 Å². The maximum Gasteiger partial charge on any atom is 0.321 e. The van der Waals surface area contributed by atoms with Crippen LogP contribution in [0.15, 0.2) is 18.6 Å². The van der Waals surface area contributed by atoms with Crippen LogP contribution in [0, 0.1) is 0 Å². The lowest BCUT2D eigenvalue weighted by Gasteiger charge is -2.27. The molecule has 1 atom stereocenters. The van der Waals surface area contributed by atoms with Crippen LogP contribution < -0.4 is 5.73 Å². The second-order valence-corrected chi connectivity index (χ2v) is 3.63. The minimum Gasteiger partial charge on any atom is -0.480 e. The van der Waals surface area contributed by atoms with E-state index in [0.29, 0.717) is 5.69 Å². The van der Waals surface area contributed by atoms with Crippen LogP contribution in [0.3, 0.4) is 0 Å². The molecule has 0 radical (unpaired) electrons. The first-order valence-corrected chi connectivity index (χ1v) is 4.21. The molecule has 0 aromatic carbocycles. The van der Waals surface area contributed by atoms with E-state index in [0.717, 1.165) is 0 Å². The average Bonchev–Trinajstić information content (AvgIpc) is 2.18. The molecule has 0 amide bonds. The number of carbonyl (C=O) groups is 1. The molecule has 3 N–H and O–H groups in total. The molecule has 14 heavy (non-hydrogen) atoms. The van der Waals surface area contributed by atoms with E-state index in [-0.39, 0.29) is 0 Å². The second kappa shape index (κ2) is 3.71. The molecule has 0 aliphatic rings. The third kappa shape index (κ3) is 1.88. The van der Waals surface area contributed by atoms with Gasteiger partial charge in [-0.15, -0.1) is 0 Å². The summed E-state index contributed by atoms with van der Waals surface area (Å²) >= 11 is 0. The number of nitrogens with zero attached hydrogens (tertiary/aromatic N) is 2. The van der Waals surface area contributed by atoms with Gasteiger partial charge in [-0.25, -0.2) is 9.97 Å². The molecule has 5 nitrogen and oxygen atoms in total. The van der Waals surface area contributed by atoms with Crippen LogP contribution in [0.2, 0.25) is 0 Å². The predicted octanol–water partition coefficient (Wildman–Crippen LogP) is 0.166. The smallest absolute Gasteiger partial charge is 0.321 e. The molecule has 0 saturated heterocycles. The van der Waals surface area contributed by atoms with Crippen molar-refractivity contribution in [1.29, 1.82) is 0 Å². The van der Waals surface area contributed by atoms with Crippen LogP contribution in [-0.4, -0.2) is 27.1 Å². The highest BCUT2D eigenvalue weighted by molar-refractivity contribution is 5.75. The Balaban J connectivity index is 3.02. The summed E-state index contributed by atoms with van der Waals surface area (Å²) in [5.41, 5.74) is 5.49. The van der Waals surface area contributed by atoms with Crippen LogP contribution in [0.1, 0.15) is 19.5 Å². The van der Waals surface area contributed by atoms with E-state index in [1.54, 1.807) is 26.1 Å². The van der Waals surface area contributed by atoms with Crippen molar-refractivity contribution in [1.82, 2.24) is 9.97 Å². The van der Waals surface area contributed by atoms with Crippen LogP contribution >= 0.6 is 0 Å². The molecule has 0 fully saturated rings. The Morgan fingerprint density at radius 1 is 1.64 bits per heavy atom. The Kier molecular flexibility index (Phi) is 2.81. The summed E-state index contributed by atoms with van der Waals surface area (Å²) in [7, 11) is 0. The number of hydrogen-bond acceptors (Lipinski definition) is 4. The van der Waals surface area contributed by atoms with Gasteiger partial charge in [-0.2, -0.15) is 0 Å². The summed E-state index contributed by atoms with van der Waals surface area (Å²) in [6, 6.07) is 0.695. The largest absolute Gasteiger partial charge is 0.480 e. The van der Waals surface area contributed by atoms with E-state index >= 15 is 0 Å². The van der Waals surface area contributed by atoms with E-state index < -0.39 is 17.4 Å². The Hall–Kier alpha value is -1.49. The number of carboxylic acid groups (broad SMARTS) is 1. The fourth-order valence-corrected chi connectivity index (χ4v) is 1.14. The molecule has 76 valence electrons. The Bertz CT molecular complexity index is 324. The molecule has 0 saturated carbocycles. The van der Waals surface area contributed by atoms with Gasteiger partial charge in [-0.1, -0.05) is 13.8 Å². The second-order valence-electron chi connectivity index (χ2n) is 3.63. The fraction of sp³-hybridized carbons (Fsp3) is 0.444. The fourth-order valence-electron chi connectivity index (χ4n) is 1.14. The first-order chi connectivity index (χ1) is 6.46. The molecule has 1 aromatic rings. The van der Waals surface area contributed by atoms with Gasteiger partial charge in [0.2, 0.25) is 0 Å². The van der Waals surface area contributed by atoms with Gasteiger partial charge in [0.05, 0.1) is 5.69 Å². The number of nitrogens with two attached hydrogens (primary N) is 1. The van der Waals surface area contributed by atoms with Crippen molar-refractivity contribution in [3.63, 3.8) is 0 Å². The number of rotatable bonds is 3. The molecular weight excluding hydrogens is 182 g/mol. The lowest BCUT2D eigenvalue weighted by Crippen LogP contribution is -2.47. The summed E-state index contributed by atoms with van der Waals surface area (Å²) in [5, 5.41) is 8.81. The zero-order chi connectivity index (χ0) is 10.8. The summed E-state index contributed by atoms with van der Waals surface area (Å²) in [4.78, 5) is 18.5. The molecule has 1 unspecified atom stereocenters. The highest BCUT2D eigenvalue weighted by Crippen LogP contribution is 2.23. The maximum atomic E-state index is 10.8. The van der Waals surface area contributed by atoms with Gasteiger partial charge in [0.25, 0.3) is 0 Å². The topological polar surface area (TPSA) is 89.1 Å². The van der Waals surface area contributed by atoms with Crippen LogP contribution in [-0.2, 0) is 10.2 Å². The van der Waals surface area contributed by atoms with Gasteiger partial charge in [-0.3, -0.25) is 4.79 Å². The number of carboxylic acids is 1.